The first-order valence-corrected chi connectivity index (χ1v) is 6.79. The summed E-state index contributed by atoms with van der Waals surface area (Å²) in [5.74, 6) is -0.0802. The van der Waals surface area contributed by atoms with Gasteiger partial charge in [0.05, 0.1) is 5.69 Å². The normalized spacial score (nSPS) is 10.3. The van der Waals surface area contributed by atoms with Gasteiger partial charge in [0.2, 0.25) is 0 Å². The van der Waals surface area contributed by atoms with Gasteiger partial charge in [-0.05, 0) is 30.2 Å². The second-order valence-corrected chi connectivity index (χ2v) is 4.69. The summed E-state index contributed by atoms with van der Waals surface area (Å²) in [7, 11) is 1.64. The molecule has 0 unspecified atom stereocenters. The number of methoxy groups -OCH3 is 1. The minimum Gasteiger partial charge on any atom is -0.397 e. The number of carbonyl (C=O) groups is 1. The van der Waals surface area contributed by atoms with Gasteiger partial charge >= 0.3 is 0 Å². The van der Waals surface area contributed by atoms with Crippen LogP contribution in [0.2, 0.25) is 0 Å². The van der Waals surface area contributed by atoms with Gasteiger partial charge in [0.25, 0.3) is 5.91 Å². The fraction of sp³-hybridized carbons (Fsp3) is 0.250. The van der Waals surface area contributed by atoms with E-state index in [2.05, 4.69) is 10.3 Å². The molecule has 1 aromatic carbocycles. The predicted octanol–water partition coefficient (Wildman–Crippen LogP) is 2.10. The van der Waals surface area contributed by atoms with E-state index in [1.165, 1.54) is 0 Å². The molecule has 2 aromatic rings. The molecule has 1 amide bonds. The third kappa shape index (κ3) is 4.29. The van der Waals surface area contributed by atoms with E-state index in [1.807, 2.05) is 18.2 Å². The Labute approximate surface area is 124 Å². The number of anilines is 1. The summed E-state index contributed by atoms with van der Waals surface area (Å²) in [6.07, 6.45) is 4.15. The maximum absolute atomic E-state index is 11.9. The van der Waals surface area contributed by atoms with Crippen molar-refractivity contribution in [2.24, 2.45) is 0 Å². The number of nitrogens with zero attached hydrogens (tertiary/aromatic N) is 1. The quantitative estimate of drug-likeness (QED) is 0.797. The third-order valence-corrected chi connectivity index (χ3v) is 3.05. The molecule has 0 spiro atoms. The largest absolute Gasteiger partial charge is 0.397 e. The Morgan fingerprint density at radius 2 is 2.00 bits per heavy atom. The van der Waals surface area contributed by atoms with Gasteiger partial charge in [-0.1, -0.05) is 12.1 Å². The lowest BCUT2D eigenvalue weighted by Crippen LogP contribution is -2.25. The van der Waals surface area contributed by atoms with Crippen LogP contribution in [0.1, 0.15) is 16.8 Å². The Hall–Kier alpha value is -2.40. The zero-order valence-electron chi connectivity index (χ0n) is 12.0. The average molecular weight is 285 g/mol. The number of hydrogen-bond donors (Lipinski definition) is 2. The molecule has 0 radical (unpaired) electrons. The minimum absolute atomic E-state index is 0.0802. The SMILES string of the molecule is COCCCNC(=O)c1ccc(-c2cncc(N)c2)cc1. The molecule has 2 rings (SSSR count). The van der Waals surface area contributed by atoms with Gasteiger partial charge in [0.15, 0.2) is 0 Å². The summed E-state index contributed by atoms with van der Waals surface area (Å²) in [5, 5.41) is 2.85. The molecular formula is C16H19N3O2. The molecule has 0 saturated heterocycles. The van der Waals surface area contributed by atoms with Crippen molar-refractivity contribution in [1.82, 2.24) is 10.3 Å². The van der Waals surface area contributed by atoms with E-state index in [-0.39, 0.29) is 5.91 Å². The Kier molecular flexibility index (Phi) is 5.29. The third-order valence-electron chi connectivity index (χ3n) is 3.05. The van der Waals surface area contributed by atoms with E-state index in [1.54, 1.807) is 31.6 Å². The Balaban J connectivity index is 2.00. The predicted molar refractivity (Wildman–Crippen MR) is 82.9 cm³/mol. The van der Waals surface area contributed by atoms with E-state index in [9.17, 15) is 4.79 Å². The van der Waals surface area contributed by atoms with Crippen LogP contribution in [-0.2, 0) is 4.74 Å². The van der Waals surface area contributed by atoms with Gasteiger partial charge in [-0.25, -0.2) is 0 Å². The van der Waals surface area contributed by atoms with Crippen LogP contribution < -0.4 is 11.1 Å². The van der Waals surface area contributed by atoms with Crippen molar-refractivity contribution < 1.29 is 9.53 Å². The van der Waals surface area contributed by atoms with Crippen LogP contribution in [0.15, 0.2) is 42.7 Å². The first-order chi connectivity index (χ1) is 10.2. The molecule has 5 nitrogen and oxygen atoms in total. The molecule has 0 bridgehead atoms. The molecular weight excluding hydrogens is 266 g/mol. The molecule has 1 aromatic heterocycles. The van der Waals surface area contributed by atoms with Crippen LogP contribution in [0.3, 0.4) is 0 Å². The second kappa shape index (κ2) is 7.40. The van der Waals surface area contributed by atoms with Crippen molar-refractivity contribution in [1.29, 1.82) is 0 Å². The van der Waals surface area contributed by atoms with Crippen molar-refractivity contribution in [2.45, 2.75) is 6.42 Å². The first kappa shape index (κ1) is 15.0. The van der Waals surface area contributed by atoms with E-state index in [4.69, 9.17) is 10.5 Å². The molecule has 0 saturated carbocycles. The first-order valence-electron chi connectivity index (χ1n) is 6.79. The number of aromatic nitrogens is 1. The van der Waals surface area contributed by atoms with Crippen LogP contribution >= 0.6 is 0 Å². The number of ether oxygens (including phenoxy) is 1. The van der Waals surface area contributed by atoms with Crippen molar-refractivity contribution in [3.63, 3.8) is 0 Å². The molecule has 21 heavy (non-hydrogen) atoms. The molecule has 3 N–H and O–H groups in total. The van der Waals surface area contributed by atoms with Gasteiger partial charge < -0.3 is 15.8 Å². The fourth-order valence-corrected chi connectivity index (χ4v) is 1.95. The highest BCUT2D eigenvalue weighted by Gasteiger charge is 2.05. The van der Waals surface area contributed by atoms with Crippen molar-refractivity contribution in [2.75, 3.05) is 26.0 Å². The second-order valence-electron chi connectivity index (χ2n) is 4.69. The monoisotopic (exact) mass is 285 g/mol. The molecule has 1 heterocycles. The Bertz CT molecular complexity index is 597. The van der Waals surface area contributed by atoms with Crippen molar-refractivity contribution in [3.05, 3.63) is 48.3 Å². The summed E-state index contributed by atoms with van der Waals surface area (Å²) in [6.45, 7) is 1.25. The van der Waals surface area contributed by atoms with Crippen LogP contribution in [0.25, 0.3) is 11.1 Å². The summed E-state index contributed by atoms with van der Waals surface area (Å²) in [5.41, 5.74) is 8.88. The number of carbonyl (C=O) groups excluding carboxylic acids is 1. The lowest BCUT2D eigenvalue weighted by Gasteiger charge is -2.06. The zero-order chi connectivity index (χ0) is 15.1. The number of hydrogen-bond acceptors (Lipinski definition) is 4. The average Bonchev–Trinajstić information content (AvgIpc) is 2.51. The van der Waals surface area contributed by atoms with Gasteiger partial charge in [0.1, 0.15) is 0 Å². The lowest BCUT2D eigenvalue weighted by atomic mass is 10.1. The van der Waals surface area contributed by atoms with Gasteiger partial charge in [-0.2, -0.15) is 0 Å². The number of nitrogens with two attached hydrogens (primary N) is 1. The van der Waals surface area contributed by atoms with Crippen LogP contribution in [-0.4, -0.2) is 31.2 Å². The van der Waals surface area contributed by atoms with Crippen molar-refractivity contribution >= 4 is 11.6 Å². The maximum atomic E-state index is 11.9. The summed E-state index contributed by atoms with van der Waals surface area (Å²) >= 11 is 0. The van der Waals surface area contributed by atoms with Crippen LogP contribution in [0.5, 0.6) is 0 Å². The number of nitrogen functional groups attached to an aromatic ring is 1. The van der Waals surface area contributed by atoms with E-state index in [0.29, 0.717) is 24.4 Å². The van der Waals surface area contributed by atoms with E-state index in [0.717, 1.165) is 17.5 Å². The van der Waals surface area contributed by atoms with Gasteiger partial charge in [0, 0.05) is 43.8 Å². The molecule has 5 heteroatoms. The summed E-state index contributed by atoms with van der Waals surface area (Å²) < 4.78 is 4.94. The van der Waals surface area contributed by atoms with Crippen molar-refractivity contribution in [3.8, 4) is 11.1 Å². The molecule has 0 aliphatic carbocycles. The fourth-order valence-electron chi connectivity index (χ4n) is 1.95. The molecule has 110 valence electrons. The maximum Gasteiger partial charge on any atom is 0.251 e. The smallest absolute Gasteiger partial charge is 0.251 e. The summed E-state index contributed by atoms with van der Waals surface area (Å²) in [4.78, 5) is 16.0. The lowest BCUT2D eigenvalue weighted by molar-refractivity contribution is 0.0948. The Morgan fingerprint density at radius 1 is 1.24 bits per heavy atom. The molecule has 0 atom stereocenters. The number of rotatable bonds is 6. The number of nitrogens with one attached hydrogen (secondary N) is 1. The summed E-state index contributed by atoms with van der Waals surface area (Å²) in [6, 6.07) is 9.22. The van der Waals surface area contributed by atoms with Gasteiger partial charge in [-0.3, -0.25) is 9.78 Å². The van der Waals surface area contributed by atoms with Gasteiger partial charge in [-0.15, -0.1) is 0 Å². The highest BCUT2D eigenvalue weighted by molar-refractivity contribution is 5.94. The number of benzene rings is 1. The molecule has 0 aliphatic rings. The molecule has 0 fully saturated rings. The highest BCUT2D eigenvalue weighted by atomic mass is 16.5. The van der Waals surface area contributed by atoms with Crippen LogP contribution in [0.4, 0.5) is 5.69 Å². The zero-order valence-corrected chi connectivity index (χ0v) is 12.0. The minimum atomic E-state index is -0.0802. The van der Waals surface area contributed by atoms with E-state index < -0.39 is 0 Å². The van der Waals surface area contributed by atoms with Crippen LogP contribution in [0, 0.1) is 0 Å². The Morgan fingerprint density at radius 3 is 2.67 bits per heavy atom. The molecule has 0 aliphatic heterocycles. The number of pyridine rings is 1. The number of amides is 1. The standard InChI is InChI=1S/C16H19N3O2/c1-21-8-2-7-19-16(20)13-5-3-12(4-6-13)14-9-15(17)11-18-10-14/h3-6,9-11H,2,7-8,17H2,1H3,(H,19,20). The highest BCUT2D eigenvalue weighted by Crippen LogP contribution is 2.20. The topological polar surface area (TPSA) is 77.2 Å². The van der Waals surface area contributed by atoms with E-state index >= 15 is 0 Å².